The Kier molecular flexibility index (Phi) is 6.58. The summed E-state index contributed by atoms with van der Waals surface area (Å²) in [6, 6.07) is 5.69. The molecule has 1 aromatic heterocycles. The van der Waals surface area contributed by atoms with E-state index in [0.29, 0.717) is 35.6 Å². The molecule has 1 N–H and O–H groups in total. The van der Waals surface area contributed by atoms with Crippen LogP contribution in [0.1, 0.15) is 46.5 Å². The third-order valence-corrected chi connectivity index (χ3v) is 5.93. The summed E-state index contributed by atoms with van der Waals surface area (Å²) >= 11 is 0. The summed E-state index contributed by atoms with van der Waals surface area (Å²) in [5, 5.41) is 3.44. The van der Waals surface area contributed by atoms with E-state index in [0.717, 1.165) is 25.0 Å². The fraction of sp³-hybridized carbons (Fsp3) is 0.346. The number of anilines is 1. The standard InChI is InChI=1S/C26H27F4N3/c1-4-5-13-33-21-12-8-11-20(31-19-10-7-6-9-16(19)15(2)3)25(21)32-26(33)22-23(29)17(27)14-18(28)24(22)30/h8-12,14-15,31H,4-7,13H2,1-3H3. The van der Waals surface area contributed by atoms with Gasteiger partial charge in [-0.2, -0.15) is 0 Å². The second kappa shape index (κ2) is 9.41. The number of benzene rings is 2. The Hall–Kier alpha value is -3.09. The third-order valence-electron chi connectivity index (χ3n) is 5.93. The molecule has 3 aromatic rings. The van der Waals surface area contributed by atoms with Crippen LogP contribution in [0.4, 0.5) is 23.2 Å². The second-order valence-corrected chi connectivity index (χ2v) is 8.59. The van der Waals surface area contributed by atoms with Crippen molar-refractivity contribution >= 4 is 16.7 Å². The summed E-state index contributed by atoms with van der Waals surface area (Å²) in [6.07, 6.45) is 7.76. The lowest BCUT2D eigenvalue weighted by atomic mass is 9.93. The molecular weight excluding hydrogens is 430 g/mol. The molecule has 0 fully saturated rings. The molecule has 0 saturated heterocycles. The zero-order valence-corrected chi connectivity index (χ0v) is 19.0. The normalized spacial score (nSPS) is 14.1. The molecule has 4 rings (SSSR count). The van der Waals surface area contributed by atoms with Gasteiger partial charge in [0.1, 0.15) is 11.3 Å². The van der Waals surface area contributed by atoms with Gasteiger partial charge in [0.05, 0.1) is 16.8 Å². The molecule has 7 heteroatoms. The highest BCUT2D eigenvalue weighted by molar-refractivity contribution is 5.92. The summed E-state index contributed by atoms with van der Waals surface area (Å²) in [4.78, 5) is 4.52. The number of hydrogen-bond acceptors (Lipinski definition) is 2. The zero-order chi connectivity index (χ0) is 23.7. The first-order valence-corrected chi connectivity index (χ1v) is 11.3. The van der Waals surface area contributed by atoms with Crippen molar-refractivity contribution in [2.75, 3.05) is 5.32 Å². The highest BCUT2D eigenvalue weighted by atomic mass is 19.2. The predicted octanol–water partition coefficient (Wildman–Crippen LogP) is 7.73. The number of aromatic nitrogens is 2. The number of nitrogens with zero attached hydrogens (tertiary/aromatic N) is 2. The fourth-order valence-corrected chi connectivity index (χ4v) is 4.26. The Balaban J connectivity index is 1.90. The van der Waals surface area contributed by atoms with Crippen molar-refractivity contribution in [2.45, 2.75) is 53.0 Å². The Morgan fingerprint density at radius 2 is 1.73 bits per heavy atom. The molecular formula is C26H27F4N3. The summed E-state index contributed by atoms with van der Waals surface area (Å²) in [6.45, 7) is 6.64. The van der Waals surface area contributed by atoms with Crippen LogP contribution < -0.4 is 5.32 Å². The molecule has 0 atom stereocenters. The number of aryl methyl sites for hydroxylation is 1. The van der Waals surface area contributed by atoms with Gasteiger partial charge in [0.2, 0.25) is 0 Å². The average Bonchev–Trinajstić information content (AvgIpc) is 3.16. The molecule has 3 nitrogen and oxygen atoms in total. The maximum Gasteiger partial charge on any atom is 0.172 e. The fourth-order valence-electron chi connectivity index (χ4n) is 4.26. The van der Waals surface area contributed by atoms with Crippen LogP contribution in [0.3, 0.4) is 0 Å². The van der Waals surface area contributed by atoms with Gasteiger partial charge in [0.25, 0.3) is 0 Å². The quantitative estimate of drug-likeness (QED) is 0.291. The van der Waals surface area contributed by atoms with E-state index in [1.165, 1.54) is 5.57 Å². The van der Waals surface area contributed by atoms with Crippen LogP contribution >= 0.6 is 0 Å². The van der Waals surface area contributed by atoms with E-state index in [-0.39, 0.29) is 11.9 Å². The van der Waals surface area contributed by atoms with Crippen LogP contribution in [0.2, 0.25) is 0 Å². The van der Waals surface area contributed by atoms with Gasteiger partial charge >= 0.3 is 0 Å². The van der Waals surface area contributed by atoms with Crippen LogP contribution in [0.25, 0.3) is 22.4 Å². The maximum absolute atomic E-state index is 14.7. The minimum atomic E-state index is -1.45. The molecule has 0 saturated carbocycles. The van der Waals surface area contributed by atoms with Crippen molar-refractivity contribution in [2.24, 2.45) is 5.92 Å². The van der Waals surface area contributed by atoms with Gasteiger partial charge in [-0.25, -0.2) is 22.5 Å². The number of para-hydroxylation sites is 1. The number of halogens is 4. The number of rotatable bonds is 7. The minimum absolute atomic E-state index is 0.127. The molecule has 2 aromatic carbocycles. The van der Waals surface area contributed by atoms with Gasteiger partial charge in [-0.3, -0.25) is 0 Å². The Morgan fingerprint density at radius 1 is 1.03 bits per heavy atom. The average molecular weight is 458 g/mol. The first kappa shape index (κ1) is 23.1. The molecule has 0 radical (unpaired) electrons. The van der Waals surface area contributed by atoms with E-state index in [9.17, 15) is 17.6 Å². The molecule has 1 heterocycles. The lowest BCUT2D eigenvalue weighted by Gasteiger charge is -2.21. The molecule has 0 amide bonds. The summed E-state index contributed by atoms with van der Waals surface area (Å²) < 4.78 is 59.1. The Morgan fingerprint density at radius 3 is 2.39 bits per heavy atom. The van der Waals surface area contributed by atoms with Crippen molar-refractivity contribution in [3.05, 3.63) is 71.0 Å². The summed E-state index contributed by atoms with van der Waals surface area (Å²) in [7, 11) is 0. The van der Waals surface area contributed by atoms with E-state index >= 15 is 0 Å². The van der Waals surface area contributed by atoms with E-state index in [1.807, 2.05) is 19.1 Å². The van der Waals surface area contributed by atoms with Gasteiger partial charge in [-0.15, -0.1) is 0 Å². The minimum Gasteiger partial charge on any atom is -0.354 e. The smallest absolute Gasteiger partial charge is 0.172 e. The second-order valence-electron chi connectivity index (χ2n) is 8.59. The zero-order valence-electron chi connectivity index (χ0n) is 19.0. The number of nitrogens with one attached hydrogen (secondary N) is 1. The molecule has 174 valence electrons. The third kappa shape index (κ3) is 4.28. The number of unbranched alkanes of at least 4 members (excludes halogenated alkanes) is 1. The molecule has 0 unspecified atom stereocenters. The molecule has 0 aliphatic heterocycles. The van der Waals surface area contributed by atoms with E-state index in [2.05, 4.69) is 36.3 Å². The summed E-state index contributed by atoms with van der Waals surface area (Å²) in [5.74, 6) is -5.60. The number of fused-ring (bicyclic) bond motifs is 1. The first-order valence-electron chi connectivity index (χ1n) is 11.3. The van der Waals surface area contributed by atoms with Crippen molar-refractivity contribution in [3.63, 3.8) is 0 Å². The van der Waals surface area contributed by atoms with Gasteiger partial charge in [0, 0.05) is 18.3 Å². The molecule has 0 bridgehead atoms. The first-order chi connectivity index (χ1) is 15.8. The van der Waals surface area contributed by atoms with Crippen LogP contribution in [0, 0.1) is 29.2 Å². The largest absolute Gasteiger partial charge is 0.354 e. The SMILES string of the molecule is CCCCn1c(-c2c(F)c(F)cc(F)c2F)nc2c(NC3=CCCC=C3C(C)C)cccc21. The number of imidazole rings is 1. The Bertz CT molecular complexity index is 1230. The van der Waals surface area contributed by atoms with Crippen LogP contribution in [-0.2, 0) is 6.54 Å². The highest BCUT2D eigenvalue weighted by Crippen LogP contribution is 2.35. The van der Waals surface area contributed by atoms with Crippen molar-refractivity contribution in [1.82, 2.24) is 9.55 Å². The molecule has 33 heavy (non-hydrogen) atoms. The van der Waals surface area contributed by atoms with Crippen molar-refractivity contribution in [3.8, 4) is 11.4 Å². The van der Waals surface area contributed by atoms with Crippen molar-refractivity contribution in [1.29, 1.82) is 0 Å². The molecule has 1 aliphatic rings. The highest BCUT2D eigenvalue weighted by Gasteiger charge is 2.26. The van der Waals surface area contributed by atoms with Gasteiger partial charge in [-0.05, 0) is 42.9 Å². The lowest BCUT2D eigenvalue weighted by molar-refractivity contribution is 0.456. The van der Waals surface area contributed by atoms with Crippen LogP contribution in [0.15, 0.2) is 47.7 Å². The van der Waals surface area contributed by atoms with Crippen molar-refractivity contribution < 1.29 is 17.6 Å². The molecule has 0 spiro atoms. The summed E-state index contributed by atoms with van der Waals surface area (Å²) in [5.41, 5.74) is 3.17. The topological polar surface area (TPSA) is 29.9 Å². The lowest BCUT2D eigenvalue weighted by Crippen LogP contribution is -2.10. The monoisotopic (exact) mass is 457 g/mol. The van der Waals surface area contributed by atoms with Gasteiger partial charge in [-0.1, -0.05) is 45.4 Å². The molecule has 1 aliphatic carbocycles. The number of allylic oxidation sites excluding steroid dienone is 3. The van der Waals surface area contributed by atoms with Gasteiger partial charge < -0.3 is 9.88 Å². The van der Waals surface area contributed by atoms with E-state index < -0.39 is 28.8 Å². The van der Waals surface area contributed by atoms with Crippen LogP contribution in [0.5, 0.6) is 0 Å². The maximum atomic E-state index is 14.7. The Labute approximate surface area is 190 Å². The predicted molar refractivity (Wildman–Crippen MR) is 124 cm³/mol. The van der Waals surface area contributed by atoms with Gasteiger partial charge in [0.15, 0.2) is 23.3 Å². The van der Waals surface area contributed by atoms with E-state index in [1.54, 1.807) is 10.6 Å². The number of hydrogen-bond donors (Lipinski definition) is 1. The van der Waals surface area contributed by atoms with Crippen LogP contribution in [-0.4, -0.2) is 9.55 Å². The van der Waals surface area contributed by atoms with E-state index in [4.69, 9.17) is 0 Å².